The van der Waals surface area contributed by atoms with Crippen molar-refractivity contribution in [2.24, 2.45) is 7.05 Å². The third kappa shape index (κ3) is 3.14. The van der Waals surface area contributed by atoms with Crippen LogP contribution in [0.3, 0.4) is 0 Å². The minimum atomic E-state index is 0.839. The van der Waals surface area contributed by atoms with Crippen molar-refractivity contribution in [3.63, 3.8) is 0 Å². The number of aromatic nitrogens is 3. The third-order valence-corrected chi connectivity index (χ3v) is 2.77. The molecule has 0 unspecified atom stereocenters. The molecule has 0 aliphatic carbocycles. The minimum Gasteiger partial charge on any atom is -0.307 e. The molecule has 2 aromatic heterocycles. The molecule has 0 saturated carbocycles. The van der Waals surface area contributed by atoms with Crippen molar-refractivity contribution < 1.29 is 0 Å². The fourth-order valence-electron chi connectivity index (χ4n) is 1.75. The first-order valence-electron chi connectivity index (χ1n) is 5.91. The molecule has 2 rings (SSSR count). The molecule has 0 radical (unpaired) electrons. The smallest absolute Gasteiger partial charge is 0.0625 e. The molecule has 1 N–H and O–H groups in total. The number of nitrogens with one attached hydrogen (secondary N) is 1. The zero-order chi connectivity index (χ0) is 12.1. The van der Waals surface area contributed by atoms with Crippen LogP contribution < -0.4 is 5.32 Å². The summed E-state index contributed by atoms with van der Waals surface area (Å²) in [6.45, 7) is 3.82. The van der Waals surface area contributed by atoms with Crippen LogP contribution >= 0.6 is 0 Å². The van der Waals surface area contributed by atoms with E-state index < -0.39 is 0 Å². The average molecular weight is 230 g/mol. The number of aryl methyl sites for hydroxylation is 2. The van der Waals surface area contributed by atoms with Crippen molar-refractivity contribution in [3.8, 4) is 0 Å². The minimum absolute atomic E-state index is 0.839. The van der Waals surface area contributed by atoms with Crippen LogP contribution in [0.25, 0.3) is 0 Å². The quantitative estimate of drug-likeness (QED) is 0.849. The molecule has 0 amide bonds. The van der Waals surface area contributed by atoms with E-state index >= 15 is 0 Å². The van der Waals surface area contributed by atoms with Crippen molar-refractivity contribution in [1.82, 2.24) is 20.1 Å². The Balaban J connectivity index is 1.88. The van der Waals surface area contributed by atoms with Gasteiger partial charge in [-0.1, -0.05) is 6.92 Å². The molecular weight excluding hydrogens is 212 g/mol. The van der Waals surface area contributed by atoms with E-state index in [0.717, 1.165) is 25.2 Å². The summed E-state index contributed by atoms with van der Waals surface area (Å²) in [5, 5.41) is 7.83. The van der Waals surface area contributed by atoms with Crippen LogP contribution in [-0.2, 0) is 26.6 Å². The molecule has 0 aromatic carbocycles. The molecule has 0 bridgehead atoms. The molecule has 0 aliphatic heterocycles. The summed E-state index contributed by atoms with van der Waals surface area (Å²) in [6.07, 6.45) is 4.62. The molecule has 0 fully saturated rings. The van der Waals surface area contributed by atoms with Gasteiger partial charge in [-0.25, -0.2) is 0 Å². The largest absolute Gasteiger partial charge is 0.307 e. The maximum Gasteiger partial charge on any atom is 0.0625 e. The van der Waals surface area contributed by atoms with Crippen LogP contribution in [0.1, 0.15) is 23.9 Å². The molecule has 0 aliphatic rings. The fourth-order valence-corrected chi connectivity index (χ4v) is 1.75. The maximum absolute atomic E-state index is 4.42. The normalized spacial score (nSPS) is 10.7. The predicted octanol–water partition coefficient (Wildman–Crippen LogP) is 1.67. The molecule has 17 heavy (non-hydrogen) atoms. The van der Waals surface area contributed by atoms with Crippen molar-refractivity contribution in [1.29, 1.82) is 0 Å². The second kappa shape index (κ2) is 5.59. The van der Waals surface area contributed by atoms with E-state index in [1.54, 1.807) is 0 Å². The topological polar surface area (TPSA) is 42.7 Å². The molecular formula is C13H18N4. The van der Waals surface area contributed by atoms with Crippen molar-refractivity contribution in [2.75, 3.05) is 0 Å². The Hall–Kier alpha value is -1.68. The highest BCUT2D eigenvalue weighted by Gasteiger charge is 2.02. The summed E-state index contributed by atoms with van der Waals surface area (Å²) in [7, 11) is 1.99. The van der Waals surface area contributed by atoms with Crippen LogP contribution in [0.4, 0.5) is 0 Å². The van der Waals surface area contributed by atoms with Gasteiger partial charge in [-0.2, -0.15) is 5.10 Å². The Morgan fingerprint density at radius 2 is 2.00 bits per heavy atom. The lowest BCUT2D eigenvalue weighted by molar-refractivity contribution is 0.623. The number of pyridine rings is 1. The highest BCUT2D eigenvalue weighted by molar-refractivity contribution is 5.12. The van der Waals surface area contributed by atoms with Gasteiger partial charge in [-0.3, -0.25) is 9.67 Å². The highest BCUT2D eigenvalue weighted by atomic mass is 15.3. The Morgan fingerprint density at radius 1 is 1.24 bits per heavy atom. The van der Waals surface area contributed by atoms with E-state index in [1.807, 2.05) is 36.3 Å². The summed E-state index contributed by atoms with van der Waals surface area (Å²) in [5.74, 6) is 0. The second-order valence-corrected chi connectivity index (χ2v) is 4.06. The van der Waals surface area contributed by atoms with E-state index in [0.29, 0.717) is 0 Å². The standard InChI is InChI=1S/C13H18N4/c1-3-12-8-13(17(2)16-12)10-15-9-11-4-6-14-7-5-11/h4-8,15H,3,9-10H2,1-2H3. The van der Waals surface area contributed by atoms with Gasteiger partial charge >= 0.3 is 0 Å². The zero-order valence-corrected chi connectivity index (χ0v) is 10.3. The molecule has 4 heteroatoms. The second-order valence-electron chi connectivity index (χ2n) is 4.06. The molecule has 0 spiro atoms. The maximum atomic E-state index is 4.42. The summed E-state index contributed by atoms with van der Waals surface area (Å²) >= 11 is 0. The average Bonchev–Trinajstić information content (AvgIpc) is 2.72. The van der Waals surface area contributed by atoms with Gasteiger partial charge in [0.1, 0.15) is 0 Å². The van der Waals surface area contributed by atoms with Gasteiger partial charge in [-0.15, -0.1) is 0 Å². The highest BCUT2D eigenvalue weighted by Crippen LogP contribution is 2.04. The van der Waals surface area contributed by atoms with E-state index in [4.69, 9.17) is 0 Å². The predicted molar refractivity (Wildman–Crippen MR) is 67.4 cm³/mol. The van der Waals surface area contributed by atoms with E-state index in [-0.39, 0.29) is 0 Å². The lowest BCUT2D eigenvalue weighted by Gasteiger charge is -2.04. The van der Waals surface area contributed by atoms with Crippen LogP contribution in [-0.4, -0.2) is 14.8 Å². The van der Waals surface area contributed by atoms with Gasteiger partial charge in [-0.05, 0) is 30.2 Å². The van der Waals surface area contributed by atoms with Crippen LogP contribution in [0.2, 0.25) is 0 Å². The number of nitrogens with zero attached hydrogens (tertiary/aromatic N) is 3. The van der Waals surface area contributed by atoms with Gasteiger partial charge in [0.05, 0.1) is 11.4 Å². The Kier molecular flexibility index (Phi) is 3.88. The molecule has 2 aromatic rings. The van der Waals surface area contributed by atoms with Crippen molar-refractivity contribution in [3.05, 3.63) is 47.5 Å². The van der Waals surface area contributed by atoms with E-state index in [2.05, 4.69) is 28.4 Å². The number of hydrogen-bond acceptors (Lipinski definition) is 3. The molecule has 4 nitrogen and oxygen atoms in total. The lowest BCUT2D eigenvalue weighted by Crippen LogP contribution is -2.15. The molecule has 90 valence electrons. The van der Waals surface area contributed by atoms with E-state index in [9.17, 15) is 0 Å². The van der Waals surface area contributed by atoms with E-state index in [1.165, 1.54) is 11.3 Å². The van der Waals surface area contributed by atoms with Crippen molar-refractivity contribution in [2.45, 2.75) is 26.4 Å². The SMILES string of the molecule is CCc1cc(CNCc2ccncc2)n(C)n1. The molecule has 2 heterocycles. The van der Waals surface area contributed by atoms with Crippen LogP contribution in [0.5, 0.6) is 0 Å². The van der Waals surface area contributed by atoms with Gasteiger partial charge in [0.15, 0.2) is 0 Å². The van der Waals surface area contributed by atoms with Crippen molar-refractivity contribution >= 4 is 0 Å². The Morgan fingerprint density at radius 3 is 2.65 bits per heavy atom. The summed E-state index contributed by atoms with van der Waals surface area (Å²) in [4.78, 5) is 4.00. The van der Waals surface area contributed by atoms with Gasteiger partial charge in [0.25, 0.3) is 0 Å². The van der Waals surface area contributed by atoms with Crippen LogP contribution in [0.15, 0.2) is 30.6 Å². The van der Waals surface area contributed by atoms with Gasteiger partial charge < -0.3 is 5.32 Å². The lowest BCUT2D eigenvalue weighted by atomic mass is 10.2. The Bertz CT molecular complexity index is 462. The summed E-state index contributed by atoms with van der Waals surface area (Å²) in [6, 6.07) is 6.20. The van der Waals surface area contributed by atoms with Gasteiger partial charge in [0.2, 0.25) is 0 Å². The Labute approximate surface area is 102 Å². The monoisotopic (exact) mass is 230 g/mol. The van der Waals surface area contributed by atoms with Gasteiger partial charge in [0, 0.05) is 32.5 Å². The first kappa shape index (κ1) is 11.8. The zero-order valence-electron chi connectivity index (χ0n) is 10.3. The fraction of sp³-hybridized carbons (Fsp3) is 0.385. The first-order valence-corrected chi connectivity index (χ1v) is 5.91. The third-order valence-electron chi connectivity index (χ3n) is 2.77. The number of hydrogen-bond donors (Lipinski definition) is 1. The van der Waals surface area contributed by atoms with Crippen LogP contribution in [0, 0.1) is 0 Å². The summed E-state index contributed by atoms with van der Waals surface area (Å²) < 4.78 is 1.94. The number of rotatable bonds is 5. The molecule has 0 atom stereocenters. The summed E-state index contributed by atoms with van der Waals surface area (Å²) in [5.41, 5.74) is 3.61. The molecule has 0 saturated heterocycles. The first-order chi connectivity index (χ1) is 8.29.